The molecule has 0 spiro atoms. The Labute approximate surface area is 107 Å². The number of hydrogen-bond acceptors (Lipinski definition) is 4. The zero-order valence-corrected chi connectivity index (χ0v) is 12.8. The Kier molecular flexibility index (Phi) is 5.28. The normalized spacial score (nSPS) is 24.3. The van der Waals surface area contributed by atoms with Gasteiger partial charge in [0.15, 0.2) is 0 Å². The van der Waals surface area contributed by atoms with Gasteiger partial charge in [0, 0.05) is 16.1 Å². The Hall–Kier alpha value is 1.07. The first-order valence-corrected chi connectivity index (χ1v) is 8.35. The Bertz CT molecular complexity index is 241. The minimum absolute atomic E-state index is 0.158. The van der Waals surface area contributed by atoms with Crippen molar-refractivity contribution in [2.24, 2.45) is 5.41 Å². The van der Waals surface area contributed by atoms with Gasteiger partial charge in [-0.2, -0.15) is 0 Å². The summed E-state index contributed by atoms with van der Waals surface area (Å²) in [7, 11) is -3.32. The molecule has 0 unspecified atom stereocenters. The van der Waals surface area contributed by atoms with Gasteiger partial charge in [-0.05, 0) is 13.8 Å². The van der Waals surface area contributed by atoms with Crippen LogP contribution in [0.2, 0.25) is 0 Å². The Morgan fingerprint density at radius 3 is 2.13 bits per heavy atom. The van der Waals surface area contributed by atoms with Crippen molar-refractivity contribution in [3.8, 4) is 0 Å². The maximum absolute atomic E-state index is 11.9. The largest absolute Gasteiger partial charge is 0.475 e. The molecule has 0 radical (unpaired) electrons. The topological polar surface area (TPSA) is 44.8 Å². The van der Waals surface area contributed by atoms with Crippen LogP contribution in [0, 0.1) is 5.41 Å². The number of alkyl halides is 2. The molecule has 1 rings (SSSR count). The van der Waals surface area contributed by atoms with Gasteiger partial charge in [0.1, 0.15) is 0 Å². The minimum Gasteiger partial charge on any atom is -0.286 e. The van der Waals surface area contributed by atoms with Gasteiger partial charge < -0.3 is 0 Å². The second-order valence-corrected chi connectivity index (χ2v) is 6.66. The van der Waals surface area contributed by atoms with Crippen LogP contribution in [0.4, 0.5) is 0 Å². The summed E-state index contributed by atoms with van der Waals surface area (Å²) in [5.41, 5.74) is -0.158. The molecule has 1 saturated heterocycles. The molecule has 4 nitrogen and oxygen atoms in total. The van der Waals surface area contributed by atoms with E-state index in [0.29, 0.717) is 13.2 Å². The minimum atomic E-state index is -3.32. The van der Waals surface area contributed by atoms with Crippen molar-refractivity contribution in [3.63, 3.8) is 0 Å². The van der Waals surface area contributed by atoms with Crippen LogP contribution < -0.4 is 0 Å². The van der Waals surface area contributed by atoms with Gasteiger partial charge in [0.25, 0.3) is 0 Å². The summed E-state index contributed by atoms with van der Waals surface area (Å²) in [5.74, 6) is 0. The van der Waals surface area contributed by atoms with Gasteiger partial charge in [-0.3, -0.25) is 13.6 Å². The third kappa shape index (κ3) is 3.79. The molecule has 7 heteroatoms. The maximum atomic E-state index is 11.9. The standard InChI is InChI=1S/C8H15Br2O4P/c1-7(2)14-15(11)12-5-8(3-9,4-10)6-13-15/h7H,3-6H2,1-2H3. The molecule has 0 aromatic rings. The van der Waals surface area contributed by atoms with Crippen LogP contribution in [0.3, 0.4) is 0 Å². The van der Waals surface area contributed by atoms with Crippen LogP contribution in [0.5, 0.6) is 0 Å². The predicted molar refractivity (Wildman–Crippen MR) is 65.8 cm³/mol. The predicted octanol–water partition coefficient (Wildman–Crippen LogP) is 3.34. The fourth-order valence-electron chi connectivity index (χ4n) is 1.02. The van der Waals surface area contributed by atoms with Crippen molar-refractivity contribution in [3.05, 3.63) is 0 Å². The fraction of sp³-hybridized carbons (Fsp3) is 1.00. The van der Waals surface area contributed by atoms with Crippen LogP contribution in [0.1, 0.15) is 13.8 Å². The van der Waals surface area contributed by atoms with Gasteiger partial charge in [0.05, 0.1) is 19.3 Å². The molecule has 0 saturated carbocycles. The number of phosphoric ester groups is 1. The maximum Gasteiger partial charge on any atom is 0.475 e. The van der Waals surface area contributed by atoms with E-state index in [1.807, 2.05) is 0 Å². The molecule has 90 valence electrons. The number of halogens is 2. The molecule has 0 aromatic carbocycles. The molecular formula is C8H15Br2O4P. The zero-order valence-electron chi connectivity index (χ0n) is 8.74. The second-order valence-electron chi connectivity index (χ2n) is 3.92. The molecule has 0 aromatic heterocycles. The van der Waals surface area contributed by atoms with Crippen molar-refractivity contribution in [1.82, 2.24) is 0 Å². The summed E-state index contributed by atoms with van der Waals surface area (Å²) in [6, 6.07) is 0. The van der Waals surface area contributed by atoms with Crippen LogP contribution >= 0.6 is 39.7 Å². The first-order valence-electron chi connectivity index (χ1n) is 4.65. The Morgan fingerprint density at radius 2 is 1.80 bits per heavy atom. The first-order chi connectivity index (χ1) is 6.95. The zero-order chi connectivity index (χ0) is 11.5. The first kappa shape index (κ1) is 14.1. The van der Waals surface area contributed by atoms with Crippen LogP contribution in [0.25, 0.3) is 0 Å². The van der Waals surface area contributed by atoms with Crippen molar-refractivity contribution >= 4 is 39.7 Å². The molecule has 0 amide bonds. The Balaban J connectivity index is 2.58. The lowest BCUT2D eigenvalue weighted by Gasteiger charge is -2.36. The van der Waals surface area contributed by atoms with Crippen LogP contribution in [-0.2, 0) is 18.1 Å². The molecule has 0 atom stereocenters. The third-order valence-electron chi connectivity index (χ3n) is 1.96. The highest BCUT2D eigenvalue weighted by Crippen LogP contribution is 2.55. The highest BCUT2D eigenvalue weighted by Gasteiger charge is 2.42. The van der Waals surface area contributed by atoms with Gasteiger partial charge in [0.2, 0.25) is 0 Å². The SMILES string of the molecule is CC(C)OP1(=O)OCC(CBr)(CBr)CO1. The number of phosphoric acid groups is 1. The van der Waals surface area contributed by atoms with E-state index in [1.165, 1.54) is 0 Å². The second kappa shape index (κ2) is 5.61. The quantitative estimate of drug-likeness (QED) is 0.566. The van der Waals surface area contributed by atoms with E-state index in [4.69, 9.17) is 13.6 Å². The summed E-state index contributed by atoms with van der Waals surface area (Å²) in [4.78, 5) is 0. The number of hydrogen-bond donors (Lipinski definition) is 0. The van der Waals surface area contributed by atoms with Crippen molar-refractivity contribution < 1.29 is 18.1 Å². The molecule has 1 aliphatic heterocycles. The molecule has 15 heavy (non-hydrogen) atoms. The fourth-order valence-corrected chi connectivity index (χ4v) is 4.17. The molecule has 1 heterocycles. The average Bonchev–Trinajstić information content (AvgIpc) is 2.18. The van der Waals surface area contributed by atoms with Crippen molar-refractivity contribution in [1.29, 1.82) is 0 Å². The molecule has 0 N–H and O–H groups in total. The van der Waals surface area contributed by atoms with Crippen molar-refractivity contribution in [2.75, 3.05) is 23.9 Å². The number of rotatable bonds is 4. The van der Waals surface area contributed by atoms with Crippen LogP contribution in [-0.4, -0.2) is 30.0 Å². The van der Waals surface area contributed by atoms with Crippen molar-refractivity contribution in [2.45, 2.75) is 20.0 Å². The smallest absolute Gasteiger partial charge is 0.286 e. The summed E-state index contributed by atoms with van der Waals surface area (Å²) < 4.78 is 27.5. The van der Waals surface area contributed by atoms with Gasteiger partial charge in [-0.15, -0.1) is 0 Å². The van der Waals surface area contributed by atoms with E-state index >= 15 is 0 Å². The molecule has 0 aliphatic carbocycles. The van der Waals surface area contributed by atoms with Crippen LogP contribution in [0.15, 0.2) is 0 Å². The van der Waals surface area contributed by atoms with E-state index < -0.39 is 7.82 Å². The van der Waals surface area contributed by atoms with E-state index in [-0.39, 0.29) is 11.5 Å². The lowest BCUT2D eigenvalue weighted by Crippen LogP contribution is -2.39. The third-order valence-corrected chi connectivity index (χ3v) is 5.91. The highest BCUT2D eigenvalue weighted by atomic mass is 79.9. The molecule has 0 bridgehead atoms. The monoisotopic (exact) mass is 364 g/mol. The Morgan fingerprint density at radius 1 is 1.33 bits per heavy atom. The van der Waals surface area contributed by atoms with Gasteiger partial charge in [-0.1, -0.05) is 31.9 Å². The van der Waals surface area contributed by atoms with Gasteiger partial charge >= 0.3 is 7.82 Å². The highest BCUT2D eigenvalue weighted by molar-refractivity contribution is 9.09. The van der Waals surface area contributed by atoms with Gasteiger partial charge in [-0.25, -0.2) is 4.57 Å². The molecule has 1 aliphatic rings. The lowest BCUT2D eigenvalue weighted by atomic mass is 9.96. The van der Waals surface area contributed by atoms with E-state index in [2.05, 4.69) is 31.9 Å². The lowest BCUT2D eigenvalue weighted by molar-refractivity contribution is -0.00171. The average molecular weight is 366 g/mol. The summed E-state index contributed by atoms with van der Waals surface area (Å²) in [5, 5.41) is 1.46. The molecular weight excluding hydrogens is 351 g/mol. The summed E-state index contributed by atoms with van der Waals surface area (Å²) in [6.45, 7) is 4.33. The van der Waals surface area contributed by atoms with E-state index in [0.717, 1.165) is 10.7 Å². The summed E-state index contributed by atoms with van der Waals surface area (Å²) in [6.07, 6.45) is -0.170. The molecule has 1 fully saturated rings. The summed E-state index contributed by atoms with van der Waals surface area (Å²) >= 11 is 6.79. The van der Waals surface area contributed by atoms with E-state index in [1.54, 1.807) is 13.8 Å². The van der Waals surface area contributed by atoms with E-state index in [9.17, 15) is 4.57 Å².